The number of aryl methyl sites for hydroxylation is 2. The molecule has 2 aromatic heterocycles. The normalized spacial score (nSPS) is 11.0. The predicted molar refractivity (Wildman–Crippen MR) is 99.1 cm³/mol. The number of ketones is 1. The highest BCUT2D eigenvalue weighted by molar-refractivity contribution is 6.09. The second-order valence-electron chi connectivity index (χ2n) is 6.21. The molecule has 1 aromatic carbocycles. The number of Topliss-reactive ketones (excluding diaryl/α,β-unsaturated/α-hetero) is 1. The Hall–Kier alpha value is -3.62. The van der Waals surface area contributed by atoms with E-state index >= 15 is 0 Å². The number of nitro groups is 1. The van der Waals surface area contributed by atoms with E-state index < -0.39 is 16.2 Å². The summed E-state index contributed by atoms with van der Waals surface area (Å²) in [5.74, 6) is -0.300. The van der Waals surface area contributed by atoms with Crippen molar-refractivity contribution >= 4 is 22.5 Å². The van der Waals surface area contributed by atoms with Gasteiger partial charge in [-0.25, -0.2) is 9.78 Å². The maximum Gasteiger partial charge on any atom is 0.332 e. The highest BCUT2D eigenvalue weighted by atomic mass is 16.6. The van der Waals surface area contributed by atoms with Crippen molar-refractivity contribution in [2.24, 2.45) is 14.1 Å². The highest BCUT2D eigenvalue weighted by Crippen LogP contribution is 2.32. The van der Waals surface area contributed by atoms with Crippen molar-refractivity contribution in [1.29, 1.82) is 0 Å². The van der Waals surface area contributed by atoms with Crippen molar-refractivity contribution in [2.75, 3.05) is 0 Å². The minimum atomic E-state index is -0.587. The summed E-state index contributed by atoms with van der Waals surface area (Å²) in [5.41, 5.74) is 0.297. The van der Waals surface area contributed by atoms with Gasteiger partial charge in [0, 0.05) is 37.4 Å². The number of rotatable bonds is 3. The molecule has 0 aliphatic heterocycles. The van der Waals surface area contributed by atoms with Crippen LogP contribution in [0.25, 0.3) is 22.2 Å². The zero-order valence-electron chi connectivity index (χ0n) is 15.1. The van der Waals surface area contributed by atoms with Crippen molar-refractivity contribution in [3.8, 4) is 11.1 Å². The first-order valence-electron chi connectivity index (χ1n) is 8.01. The van der Waals surface area contributed by atoms with Crippen LogP contribution in [0.1, 0.15) is 23.0 Å². The Labute approximate surface area is 152 Å². The van der Waals surface area contributed by atoms with E-state index in [9.17, 15) is 24.5 Å². The number of pyridine rings is 1. The topological polar surface area (TPSA) is 117 Å². The third-order valence-electron chi connectivity index (χ3n) is 4.49. The lowest BCUT2D eigenvalue weighted by atomic mass is 9.93. The van der Waals surface area contributed by atoms with E-state index in [0.29, 0.717) is 16.8 Å². The van der Waals surface area contributed by atoms with Gasteiger partial charge in [-0.15, -0.1) is 0 Å². The highest BCUT2D eigenvalue weighted by Gasteiger charge is 2.23. The number of carbonyl (C=O) groups is 1. The SMILES string of the molecule is CC(=O)c1c(C)nc2c(c1-c1ccc([N+](=O)[O-])cc1)c(=O)n(C)c(=O)n2C. The molecule has 0 fully saturated rings. The molecule has 9 nitrogen and oxygen atoms in total. The third kappa shape index (κ3) is 2.73. The van der Waals surface area contributed by atoms with Gasteiger partial charge in [0.15, 0.2) is 5.78 Å². The molecule has 0 N–H and O–H groups in total. The fourth-order valence-corrected chi connectivity index (χ4v) is 3.17. The maximum absolute atomic E-state index is 12.8. The molecular formula is C18H16N4O5. The molecule has 27 heavy (non-hydrogen) atoms. The van der Waals surface area contributed by atoms with Gasteiger partial charge in [-0.1, -0.05) is 0 Å². The molecule has 0 saturated heterocycles. The van der Waals surface area contributed by atoms with Crippen LogP contribution in [0.3, 0.4) is 0 Å². The summed E-state index contributed by atoms with van der Waals surface area (Å²) in [6.45, 7) is 2.98. The predicted octanol–water partition coefficient (Wildman–Crippen LogP) is 1.72. The molecule has 0 saturated carbocycles. The Kier molecular flexibility index (Phi) is 4.22. The Morgan fingerprint density at radius 3 is 2.22 bits per heavy atom. The van der Waals surface area contributed by atoms with Gasteiger partial charge >= 0.3 is 5.69 Å². The molecule has 0 unspecified atom stereocenters. The van der Waals surface area contributed by atoms with Gasteiger partial charge in [-0.2, -0.15) is 0 Å². The van der Waals surface area contributed by atoms with Crippen LogP contribution in [0.15, 0.2) is 33.9 Å². The molecule has 0 radical (unpaired) electrons. The second-order valence-corrected chi connectivity index (χ2v) is 6.21. The van der Waals surface area contributed by atoms with Crippen molar-refractivity contribution in [3.63, 3.8) is 0 Å². The number of hydrogen-bond acceptors (Lipinski definition) is 6. The molecule has 0 spiro atoms. The van der Waals surface area contributed by atoms with E-state index in [4.69, 9.17) is 0 Å². The molecule has 0 amide bonds. The lowest BCUT2D eigenvalue weighted by Gasteiger charge is -2.16. The minimum absolute atomic E-state index is 0.112. The van der Waals surface area contributed by atoms with Crippen LogP contribution >= 0.6 is 0 Å². The van der Waals surface area contributed by atoms with Crippen LogP contribution < -0.4 is 11.2 Å². The van der Waals surface area contributed by atoms with Gasteiger partial charge in [0.05, 0.1) is 16.0 Å². The molecule has 0 aliphatic rings. The van der Waals surface area contributed by atoms with Crippen LogP contribution in [0.2, 0.25) is 0 Å². The molecule has 138 valence electrons. The summed E-state index contributed by atoms with van der Waals surface area (Å²) in [6, 6.07) is 5.55. The molecule has 3 aromatic rings. The van der Waals surface area contributed by atoms with Crippen LogP contribution in [-0.4, -0.2) is 24.8 Å². The summed E-state index contributed by atoms with van der Waals surface area (Å²) in [7, 11) is 2.83. The number of non-ortho nitro benzene ring substituents is 1. The molecule has 0 aliphatic carbocycles. The molecule has 3 rings (SSSR count). The van der Waals surface area contributed by atoms with E-state index in [0.717, 1.165) is 4.57 Å². The minimum Gasteiger partial charge on any atom is -0.294 e. The fourth-order valence-electron chi connectivity index (χ4n) is 3.17. The smallest absolute Gasteiger partial charge is 0.294 e. The Balaban J connectivity index is 2.57. The Bertz CT molecular complexity index is 1240. The van der Waals surface area contributed by atoms with Crippen molar-refractivity contribution in [3.05, 3.63) is 66.5 Å². The van der Waals surface area contributed by atoms with Gasteiger partial charge in [-0.3, -0.25) is 28.8 Å². The summed E-state index contributed by atoms with van der Waals surface area (Å²) in [5, 5.41) is 11.0. The largest absolute Gasteiger partial charge is 0.332 e. The van der Waals surface area contributed by atoms with Crippen LogP contribution in [0.5, 0.6) is 0 Å². The Morgan fingerprint density at radius 1 is 1.11 bits per heavy atom. The van der Waals surface area contributed by atoms with Crippen LogP contribution in [-0.2, 0) is 14.1 Å². The number of nitro benzene ring substituents is 1. The van der Waals surface area contributed by atoms with E-state index in [1.54, 1.807) is 6.92 Å². The van der Waals surface area contributed by atoms with E-state index in [2.05, 4.69) is 4.98 Å². The standard InChI is InChI=1S/C18H16N4O5/c1-9-13(10(2)23)14(11-5-7-12(8-6-11)22(26)27)15-16(19-9)20(3)18(25)21(4)17(15)24/h5-8H,1-4H3. The van der Waals surface area contributed by atoms with Gasteiger partial charge in [0.25, 0.3) is 11.2 Å². The number of fused-ring (bicyclic) bond motifs is 1. The molecule has 2 heterocycles. The van der Waals surface area contributed by atoms with Gasteiger partial charge < -0.3 is 0 Å². The monoisotopic (exact) mass is 368 g/mol. The van der Waals surface area contributed by atoms with Gasteiger partial charge in [0.2, 0.25) is 0 Å². The van der Waals surface area contributed by atoms with Crippen LogP contribution in [0.4, 0.5) is 5.69 Å². The molecular weight excluding hydrogens is 352 g/mol. The zero-order chi connectivity index (χ0) is 20.0. The summed E-state index contributed by atoms with van der Waals surface area (Å²) < 4.78 is 2.18. The first-order chi connectivity index (χ1) is 12.6. The lowest BCUT2D eigenvalue weighted by molar-refractivity contribution is -0.384. The second kappa shape index (κ2) is 6.27. The fraction of sp³-hybridized carbons (Fsp3) is 0.222. The van der Waals surface area contributed by atoms with Crippen molar-refractivity contribution in [2.45, 2.75) is 13.8 Å². The molecule has 0 atom stereocenters. The average Bonchev–Trinajstić information content (AvgIpc) is 2.63. The maximum atomic E-state index is 12.8. The first-order valence-corrected chi connectivity index (χ1v) is 8.01. The summed E-state index contributed by atoms with van der Waals surface area (Å²) in [4.78, 5) is 52.1. The zero-order valence-corrected chi connectivity index (χ0v) is 15.1. The van der Waals surface area contributed by atoms with Crippen LogP contribution in [0, 0.1) is 17.0 Å². The number of carbonyl (C=O) groups excluding carboxylic acids is 1. The van der Waals surface area contributed by atoms with Crippen molar-refractivity contribution in [1.82, 2.24) is 14.1 Å². The Morgan fingerprint density at radius 2 is 1.70 bits per heavy atom. The summed E-state index contributed by atoms with van der Waals surface area (Å²) >= 11 is 0. The quantitative estimate of drug-likeness (QED) is 0.395. The number of aromatic nitrogens is 3. The average molecular weight is 368 g/mol. The van der Waals surface area contributed by atoms with Gasteiger partial charge in [-0.05, 0) is 31.5 Å². The lowest BCUT2D eigenvalue weighted by Crippen LogP contribution is -2.38. The molecule has 9 heteroatoms. The summed E-state index contributed by atoms with van der Waals surface area (Å²) in [6.07, 6.45) is 0. The number of benzene rings is 1. The molecule has 0 bridgehead atoms. The van der Waals surface area contributed by atoms with E-state index in [1.165, 1.54) is 49.9 Å². The number of nitrogens with zero attached hydrogens (tertiary/aromatic N) is 4. The van der Waals surface area contributed by atoms with Gasteiger partial charge in [0.1, 0.15) is 5.65 Å². The van der Waals surface area contributed by atoms with E-state index in [1.807, 2.05) is 0 Å². The van der Waals surface area contributed by atoms with E-state index in [-0.39, 0.29) is 28.1 Å². The first kappa shape index (κ1) is 18.2. The number of hydrogen-bond donors (Lipinski definition) is 0. The van der Waals surface area contributed by atoms with Crippen molar-refractivity contribution < 1.29 is 9.72 Å². The third-order valence-corrected chi connectivity index (χ3v) is 4.49.